The molecule has 8 heteroatoms. The number of aliphatic carboxylic acids is 2. The topological polar surface area (TPSA) is 87.1 Å². The minimum Gasteiger partial charge on any atom is -0.473 e. The number of carboxylic acids is 2. The van der Waals surface area contributed by atoms with Gasteiger partial charge in [-0.2, -0.15) is 0 Å². The number of halogens is 1. The second kappa shape index (κ2) is 10.6. The van der Waals surface area contributed by atoms with Crippen molar-refractivity contribution in [3.63, 3.8) is 0 Å². The molecule has 1 heterocycles. The van der Waals surface area contributed by atoms with Crippen molar-refractivity contribution in [1.29, 1.82) is 0 Å². The van der Waals surface area contributed by atoms with E-state index in [0.717, 1.165) is 30.4 Å². The van der Waals surface area contributed by atoms with Gasteiger partial charge in [0.15, 0.2) is 0 Å². The van der Waals surface area contributed by atoms with Crippen LogP contribution in [0.2, 0.25) is 5.02 Å². The quantitative estimate of drug-likeness (QED) is 0.618. The van der Waals surface area contributed by atoms with E-state index < -0.39 is 11.9 Å². The summed E-state index contributed by atoms with van der Waals surface area (Å²) in [4.78, 5) is 22.0. The van der Waals surface area contributed by atoms with Crippen LogP contribution in [0.3, 0.4) is 0 Å². The predicted octanol–water partition coefficient (Wildman–Crippen LogP) is 2.70. The number of nitrogens with zero attached hydrogens (tertiary/aromatic N) is 1. The van der Waals surface area contributed by atoms with E-state index in [1.54, 1.807) is 0 Å². The Morgan fingerprint density at radius 1 is 1.17 bits per heavy atom. The summed E-state index contributed by atoms with van der Waals surface area (Å²) in [6, 6.07) is 8.06. The van der Waals surface area contributed by atoms with Gasteiger partial charge in [-0.3, -0.25) is 4.90 Å². The molecule has 1 fully saturated rings. The van der Waals surface area contributed by atoms with Crippen LogP contribution in [0.5, 0.6) is 0 Å². The molecule has 1 aliphatic rings. The van der Waals surface area contributed by atoms with Crippen molar-refractivity contribution in [3.8, 4) is 0 Å². The normalized spacial score (nSPS) is 20.8. The Kier molecular flexibility index (Phi) is 9.13. The second-order valence-electron chi connectivity index (χ2n) is 5.43. The summed E-state index contributed by atoms with van der Waals surface area (Å²) in [5.41, 5.74) is 0. The first kappa shape index (κ1) is 20.8. The molecule has 134 valence electrons. The molecule has 0 aromatic heterocycles. The lowest BCUT2D eigenvalue weighted by molar-refractivity contribution is -0.159. The SMILES string of the molecule is CC1CN(CCSc2ccc(Cl)cc2)CC(C)O1.O=C(O)C(=O)O. The zero-order chi connectivity index (χ0) is 18.1. The maximum absolute atomic E-state index is 9.10. The van der Waals surface area contributed by atoms with E-state index in [1.165, 1.54) is 4.90 Å². The highest BCUT2D eigenvalue weighted by molar-refractivity contribution is 7.99. The van der Waals surface area contributed by atoms with Crippen molar-refractivity contribution in [2.75, 3.05) is 25.4 Å². The Balaban J connectivity index is 0.000000413. The maximum Gasteiger partial charge on any atom is 0.414 e. The molecule has 24 heavy (non-hydrogen) atoms. The van der Waals surface area contributed by atoms with Gasteiger partial charge in [0.1, 0.15) is 0 Å². The van der Waals surface area contributed by atoms with Gasteiger partial charge < -0.3 is 14.9 Å². The molecule has 0 radical (unpaired) electrons. The number of thioether (sulfide) groups is 1. The van der Waals surface area contributed by atoms with Crippen molar-refractivity contribution in [3.05, 3.63) is 29.3 Å². The fraction of sp³-hybridized carbons (Fsp3) is 0.500. The lowest BCUT2D eigenvalue weighted by atomic mass is 10.2. The average molecular weight is 376 g/mol. The van der Waals surface area contributed by atoms with Crippen LogP contribution in [0.4, 0.5) is 0 Å². The molecular weight excluding hydrogens is 354 g/mol. The number of hydrogen-bond donors (Lipinski definition) is 2. The van der Waals surface area contributed by atoms with E-state index in [2.05, 4.69) is 30.9 Å². The van der Waals surface area contributed by atoms with E-state index in [-0.39, 0.29) is 0 Å². The van der Waals surface area contributed by atoms with Gasteiger partial charge in [0.05, 0.1) is 12.2 Å². The van der Waals surface area contributed by atoms with E-state index in [1.807, 2.05) is 23.9 Å². The van der Waals surface area contributed by atoms with Gasteiger partial charge >= 0.3 is 11.9 Å². The van der Waals surface area contributed by atoms with Gasteiger partial charge in [-0.1, -0.05) is 11.6 Å². The van der Waals surface area contributed by atoms with Gasteiger partial charge in [-0.05, 0) is 38.1 Å². The van der Waals surface area contributed by atoms with Crippen molar-refractivity contribution in [2.45, 2.75) is 31.0 Å². The predicted molar refractivity (Wildman–Crippen MR) is 93.9 cm³/mol. The second-order valence-corrected chi connectivity index (χ2v) is 7.03. The third-order valence-corrected chi connectivity index (χ3v) is 4.41. The first-order chi connectivity index (χ1) is 11.3. The van der Waals surface area contributed by atoms with E-state index in [0.29, 0.717) is 12.2 Å². The summed E-state index contributed by atoms with van der Waals surface area (Å²) < 4.78 is 5.73. The van der Waals surface area contributed by atoms with Gasteiger partial charge in [0.25, 0.3) is 0 Å². The van der Waals surface area contributed by atoms with Crippen molar-refractivity contribution < 1.29 is 24.5 Å². The summed E-state index contributed by atoms with van der Waals surface area (Å²) >= 11 is 7.75. The first-order valence-corrected chi connectivity index (χ1v) is 8.86. The molecule has 6 nitrogen and oxygen atoms in total. The molecule has 0 amide bonds. The van der Waals surface area contributed by atoms with Crippen LogP contribution in [0.1, 0.15) is 13.8 Å². The summed E-state index contributed by atoms with van der Waals surface area (Å²) in [5.74, 6) is -2.54. The minimum absolute atomic E-state index is 0.356. The Morgan fingerprint density at radius 3 is 2.12 bits per heavy atom. The van der Waals surface area contributed by atoms with Crippen LogP contribution >= 0.6 is 23.4 Å². The van der Waals surface area contributed by atoms with E-state index >= 15 is 0 Å². The fourth-order valence-electron chi connectivity index (χ4n) is 2.29. The van der Waals surface area contributed by atoms with E-state index in [4.69, 9.17) is 36.1 Å². The summed E-state index contributed by atoms with van der Waals surface area (Å²) in [5, 5.41) is 15.6. The highest BCUT2D eigenvalue weighted by atomic mass is 35.5. The molecule has 1 aliphatic heterocycles. The molecule has 2 atom stereocenters. The molecular formula is C16H22ClNO5S. The largest absolute Gasteiger partial charge is 0.473 e. The number of rotatable bonds is 4. The molecule has 1 aromatic rings. The Bertz CT molecular complexity index is 518. The number of hydrogen-bond acceptors (Lipinski definition) is 5. The molecule has 0 aliphatic carbocycles. The monoisotopic (exact) mass is 375 g/mol. The van der Waals surface area contributed by atoms with Crippen LogP contribution in [0, 0.1) is 0 Å². The maximum atomic E-state index is 9.10. The van der Waals surface area contributed by atoms with E-state index in [9.17, 15) is 0 Å². The van der Waals surface area contributed by atoms with Crippen LogP contribution in [-0.2, 0) is 14.3 Å². The summed E-state index contributed by atoms with van der Waals surface area (Å²) in [6.45, 7) is 7.51. The van der Waals surface area contributed by atoms with Gasteiger partial charge in [0, 0.05) is 35.3 Å². The van der Waals surface area contributed by atoms with Gasteiger partial charge in [0.2, 0.25) is 0 Å². The molecule has 2 unspecified atom stereocenters. The highest BCUT2D eigenvalue weighted by Gasteiger charge is 2.21. The average Bonchev–Trinajstić information content (AvgIpc) is 2.49. The molecule has 0 bridgehead atoms. The molecule has 1 saturated heterocycles. The van der Waals surface area contributed by atoms with Crippen LogP contribution < -0.4 is 0 Å². The van der Waals surface area contributed by atoms with Crippen LogP contribution in [0.25, 0.3) is 0 Å². The Labute approximate surface area is 150 Å². The highest BCUT2D eigenvalue weighted by Crippen LogP contribution is 2.21. The van der Waals surface area contributed by atoms with Gasteiger partial charge in [-0.25, -0.2) is 9.59 Å². The lowest BCUT2D eigenvalue weighted by Gasteiger charge is -2.35. The molecule has 0 spiro atoms. The Hall–Kier alpha value is -1.28. The minimum atomic E-state index is -1.82. The number of benzene rings is 1. The zero-order valence-corrected chi connectivity index (χ0v) is 15.2. The Morgan fingerprint density at radius 2 is 1.67 bits per heavy atom. The van der Waals surface area contributed by atoms with Gasteiger partial charge in [-0.15, -0.1) is 11.8 Å². The van der Waals surface area contributed by atoms with Crippen LogP contribution in [-0.4, -0.2) is 64.6 Å². The van der Waals surface area contributed by atoms with Crippen molar-refractivity contribution in [2.24, 2.45) is 0 Å². The lowest BCUT2D eigenvalue weighted by Crippen LogP contribution is -2.46. The standard InChI is InChI=1S/C14H20ClNOS.C2H2O4/c1-11-9-16(10-12(2)17-11)7-8-18-14-5-3-13(15)4-6-14;3-1(4)2(5)6/h3-6,11-12H,7-10H2,1-2H3;(H,3,4)(H,5,6). The van der Waals surface area contributed by atoms with Crippen molar-refractivity contribution >= 4 is 35.3 Å². The number of morpholine rings is 1. The van der Waals surface area contributed by atoms with Crippen LogP contribution in [0.15, 0.2) is 29.2 Å². The van der Waals surface area contributed by atoms with Crippen molar-refractivity contribution in [1.82, 2.24) is 4.90 Å². The first-order valence-electron chi connectivity index (χ1n) is 7.50. The summed E-state index contributed by atoms with van der Waals surface area (Å²) in [7, 11) is 0. The number of ether oxygens (including phenoxy) is 1. The number of carboxylic acid groups (broad SMARTS) is 2. The molecule has 2 rings (SSSR count). The molecule has 2 N–H and O–H groups in total. The smallest absolute Gasteiger partial charge is 0.414 e. The molecule has 1 aromatic carbocycles. The number of carbonyl (C=O) groups is 2. The fourth-order valence-corrected chi connectivity index (χ4v) is 3.33. The summed E-state index contributed by atoms with van der Waals surface area (Å²) in [6.07, 6.45) is 0.712. The zero-order valence-electron chi connectivity index (χ0n) is 13.6. The third kappa shape index (κ3) is 8.54. The third-order valence-electron chi connectivity index (χ3n) is 3.17. The molecule has 0 saturated carbocycles.